The molecule has 2 heterocycles. The van der Waals surface area contributed by atoms with Crippen molar-refractivity contribution in [3.8, 4) is 17.1 Å². The second-order valence-corrected chi connectivity index (χ2v) is 8.62. The SMILES string of the molecule is C[C@@H]1C(=O)CC[C@]2(C)c3nc(-c4cnn(C)c4)n(-c4ccccc4)c3CC[C@@H]12. The fourth-order valence-corrected chi connectivity index (χ4v) is 5.45. The normalized spacial score (nSPS) is 26.8. The highest BCUT2D eigenvalue weighted by molar-refractivity contribution is 5.82. The maximum Gasteiger partial charge on any atom is 0.148 e. The predicted octanol–water partition coefficient (Wildman–Crippen LogP) is 4.09. The van der Waals surface area contributed by atoms with Crippen LogP contribution in [0.5, 0.6) is 0 Å². The van der Waals surface area contributed by atoms with Gasteiger partial charge in [-0.1, -0.05) is 32.0 Å². The summed E-state index contributed by atoms with van der Waals surface area (Å²) in [6, 6.07) is 10.5. The van der Waals surface area contributed by atoms with E-state index in [2.05, 4.69) is 47.8 Å². The molecule has 0 spiro atoms. The number of hydrogen-bond acceptors (Lipinski definition) is 3. The van der Waals surface area contributed by atoms with E-state index in [1.807, 2.05) is 30.2 Å². The van der Waals surface area contributed by atoms with E-state index < -0.39 is 0 Å². The van der Waals surface area contributed by atoms with Crippen LogP contribution in [0.1, 0.15) is 44.5 Å². The maximum atomic E-state index is 12.4. The molecule has 0 amide bonds. The van der Waals surface area contributed by atoms with Crippen molar-refractivity contribution in [3.63, 3.8) is 0 Å². The highest BCUT2D eigenvalue weighted by Gasteiger charge is 2.50. The van der Waals surface area contributed by atoms with Gasteiger partial charge in [0.1, 0.15) is 11.6 Å². The smallest absolute Gasteiger partial charge is 0.148 e. The Hall–Kier alpha value is -2.69. The molecule has 1 saturated carbocycles. The summed E-state index contributed by atoms with van der Waals surface area (Å²) in [5.41, 5.74) is 4.60. The van der Waals surface area contributed by atoms with Crippen molar-refractivity contribution < 1.29 is 4.79 Å². The fourth-order valence-electron chi connectivity index (χ4n) is 5.45. The average molecular weight is 374 g/mol. The summed E-state index contributed by atoms with van der Waals surface area (Å²) in [6.45, 7) is 4.44. The lowest BCUT2D eigenvalue weighted by atomic mass is 9.57. The van der Waals surface area contributed by atoms with Gasteiger partial charge in [-0.15, -0.1) is 0 Å². The molecule has 5 nitrogen and oxygen atoms in total. The van der Waals surface area contributed by atoms with Crippen LogP contribution >= 0.6 is 0 Å². The Morgan fingerprint density at radius 2 is 1.96 bits per heavy atom. The molecule has 5 heteroatoms. The summed E-state index contributed by atoms with van der Waals surface area (Å²) >= 11 is 0. The largest absolute Gasteiger partial charge is 0.299 e. The summed E-state index contributed by atoms with van der Waals surface area (Å²) in [6.07, 6.45) is 7.47. The van der Waals surface area contributed by atoms with Crippen molar-refractivity contribution in [1.29, 1.82) is 0 Å². The summed E-state index contributed by atoms with van der Waals surface area (Å²) in [4.78, 5) is 17.6. The Morgan fingerprint density at radius 3 is 2.68 bits per heavy atom. The zero-order valence-corrected chi connectivity index (χ0v) is 16.7. The number of benzene rings is 1. The molecule has 3 atom stereocenters. The number of aromatic nitrogens is 4. The van der Waals surface area contributed by atoms with Crippen LogP contribution in [-0.4, -0.2) is 25.1 Å². The molecule has 2 aliphatic rings. The molecule has 2 aromatic heterocycles. The highest BCUT2D eigenvalue weighted by Crippen LogP contribution is 2.51. The van der Waals surface area contributed by atoms with Gasteiger partial charge in [0.15, 0.2) is 0 Å². The first-order valence-corrected chi connectivity index (χ1v) is 10.2. The van der Waals surface area contributed by atoms with Gasteiger partial charge in [-0.25, -0.2) is 4.98 Å². The van der Waals surface area contributed by atoms with E-state index in [1.165, 1.54) is 11.4 Å². The zero-order valence-electron chi connectivity index (χ0n) is 16.7. The Balaban J connectivity index is 1.74. The van der Waals surface area contributed by atoms with Crippen molar-refractivity contribution in [1.82, 2.24) is 19.3 Å². The number of rotatable bonds is 2. The van der Waals surface area contributed by atoms with Gasteiger partial charge in [0.05, 0.1) is 17.5 Å². The Labute approximate surface area is 165 Å². The summed E-state index contributed by atoms with van der Waals surface area (Å²) in [5, 5.41) is 4.37. The van der Waals surface area contributed by atoms with E-state index in [0.717, 1.165) is 36.3 Å². The van der Waals surface area contributed by atoms with E-state index in [0.29, 0.717) is 18.1 Å². The number of carbonyl (C=O) groups is 1. The van der Waals surface area contributed by atoms with Crippen LogP contribution in [0, 0.1) is 11.8 Å². The van der Waals surface area contributed by atoms with Crippen LogP contribution in [0.25, 0.3) is 17.1 Å². The first kappa shape index (κ1) is 17.4. The number of imidazole rings is 1. The van der Waals surface area contributed by atoms with E-state index in [-0.39, 0.29) is 11.3 Å². The van der Waals surface area contributed by atoms with Gasteiger partial charge < -0.3 is 0 Å². The first-order chi connectivity index (χ1) is 13.5. The van der Waals surface area contributed by atoms with Gasteiger partial charge in [-0.05, 0) is 37.3 Å². The number of Topliss-reactive ketones (excluding diaryl/α,β-unsaturated/α-hetero) is 1. The molecule has 1 aromatic carbocycles. The average Bonchev–Trinajstić information content (AvgIpc) is 3.30. The van der Waals surface area contributed by atoms with E-state index in [1.54, 1.807) is 0 Å². The molecular formula is C23H26N4O. The van der Waals surface area contributed by atoms with Gasteiger partial charge in [0.25, 0.3) is 0 Å². The summed E-state index contributed by atoms with van der Waals surface area (Å²) < 4.78 is 4.14. The number of hydrogen-bond donors (Lipinski definition) is 0. The topological polar surface area (TPSA) is 52.7 Å². The minimum Gasteiger partial charge on any atom is -0.299 e. The third kappa shape index (κ3) is 2.42. The first-order valence-electron chi connectivity index (χ1n) is 10.2. The number of para-hydroxylation sites is 1. The second-order valence-electron chi connectivity index (χ2n) is 8.62. The van der Waals surface area contributed by atoms with E-state index in [9.17, 15) is 4.79 Å². The molecule has 3 aromatic rings. The molecular weight excluding hydrogens is 348 g/mol. The third-order valence-electron chi connectivity index (χ3n) is 7.00. The molecule has 5 rings (SSSR count). The van der Waals surface area contributed by atoms with Crippen LogP contribution in [-0.2, 0) is 23.7 Å². The van der Waals surface area contributed by atoms with Crippen molar-refractivity contribution in [2.24, 2.45) is 18.9 Å². The van der Waals surface area contributed by atoms with E-state index >= 15 is 0 Å². The van der Waals surface area contributed by atoms with Gasteiger partial charge >= 0.3 is 0 Å². The summed E-state index contributed by atoms with van der Waals surface area (Å²) in [7, 11) is 1.94. The Morgan fingerprint density at radius 1 is 1.18 bits per heavy atom. The Bertz CT molecular complexity index is 1050. The highest BCUT2D eigenvalue weighted by atomic mass is 16.1. The van der Waals surface area contributed by atoms with Crippen LogP contribution in [0.2, 0.25) is 0 Å². The van der Waals surface area contributed by atoms with E-state index in [4.69, 9.17) is 4.98 Å². The van der Waals surface area contributed by atoms with Crippen LogP contribution < -0.4 is 0 Å². The number of carbonyl (C=O) groups excluding carboxylic acids is 1. The van der Waals surface area contributed by atoms with Crippen molar-refractivity contribution >= 4 is 5.78 Å². The maximum absolute atomic E-state index is 12.4. The monoisotopic (exact) mass is 374 g/mol. The molecule has 0 N–H and O–H groups in total. The number of aryl methyl sites for hydroxylation is 1. The molecule has 0 saturated heterocycles. The van der Waals surface area contributed by atoms with Crippen LogP contribution in [0.4, 0.5) is 0 Å². The van der Waals surface area contributed by atoms with Gasteiger partial charge in [0, 0.05) is 42.4 Å². The molecule has 0 aliphatic heterocycles. The van der Waals surface area contributed by atoms with Gasteiger partial charge in [0.2, 0.25) is 0 Å². The number of fused-ring (bicyclic) bond motifs is 3. The molecule has 144 valence electrons. The van der Waals surface area contributed by atoms with Crippen LogP contribution in [0.3, 0.4) is 0 Å². The van der Waals surface area contributed by atoms with Crippen molar-refractivity contribution in [2.75, 3.05) is 0 Å². The van der Waals surface area contributed by atoms with Crippen molar-refractivity contribution in [3.05, 3.63) is 54.1 Å². The quantitative estimate of drug-likeness (QED) is 0.679. The van der Waals surface area contributed by atoms with Gasteiger partial charge in [-0.2, -0.15) is 5.10 Å². The van der Waals surface area contributed by atoms with Crippen LogP contribution in [0.15, 0.2) is 42.7 Å². The lowest BCUT2D eigenvalue weighted by Crippen LogP contribution is -2.47. The lowest BCUT2D eigenvalue weighted by molar-refractivity contribution is -0.128. The number of ketones is 1. The Kier molecular flexibility index (Phi) is 3.83. The second kappa shape index (κ2) is 6.16. The van der Waals surface area contributed by atoms with Crippen molar-refractivity contribution in [2.45, 2.75) is 44.9 Å². The predicted molar refractivity (Wildman–Crippen MR) is 108 cm³/mol. The minimum absolute atomic E-state index is 0.0438. The molecule has 1 fully saturated rings. The lowest BCUT2D eigenvalue weighted by Gasteiger charge is -2.46. The number of nitrogens with zero attached hydrogens (tertiary/aromatic N) is 4. The molecule has 0 bridgehead atoms. The summed E-state index contributed by atoms with van der Waals surface area (Å²) in [5.74, 6) is 1.87. The standard InChI is InChI=1S/C23H26N4O/c1-15-18-9-10-19-21(23(18,2)12-11-20(15)28)25-22(16-13-24-26(3)14-16)27(19)17-7-5-4-6-8-17/h4-8,13-15,18H,9-12H2,1-3H3/t15-,18-,23-/m0/s1. The molecule has 28 heavy (non-hydrogen) atoms. The fraction of sp³-hybridized carbons (Fsp3) is 0.435. The van der Waals surface area contributed by atoms with Gasteiger partial charge in [-0.3, -0.25) is 14.0 Å². The minimum atomic E-state index is -0.0438. The third-order valence-corrected chi connectivity index (χ3v) is 7.00. The molecule has 0 unspecified atom stereocenters. The zero-order chi connectivity index (χ0) is 19.5. The molecule has 2 aliphatic carbocycles. The molecule has 0 radical (unpaired) electrons.